The summed E-state index contributed by atoms with van der Waals surface area (Å²) in [5.74, 6) is -0.931. The number of carbonyl (C=O) groups is 1. The normalized spacial score (nSPS) is 7.91. The number of hydrogen-bond acceptors (Lipinski definition) is 2. The van der Waals surface area contributed by atoms with Crippen LogP contribution in [0, 0.1) is 0 Å². The molecule has 2 N–H and O–H groups in total. The van der Waals surface area contributed by atoms with Crippen LogP contribution < -0.4 is 5.32 Å². The SMILES string of the molecule is CC.CC.CC.O=C(O)c1ccccc1Nc1ccccc1. The molecule has 0 aromatic heterocycles. The zero-order valence-electron chi connectivity index (χ0n) is 14.6. The highest BCUT2D eigenvalue weighted by molar-refractivity contribution is 5.95. The van der Waals surface area contributed by atoms with Crippen molar-refractivity contribution in [3.63, 3.8) is 0 Å². The molecule has 0 saturated carbocycles. The van der Waals surface area contributed by atoms with Crippen LogP contribution in [0.2, 0.25) is 0 Å². The fraction of sp³-hybridized carbons (Fsp3) is 0.316. The number of anilines is 2. The first-order chi connectivity index (χ1) is 10.8. The Morgan fingerprint density at radius 2 is 1.23 bits per heavy atom. The summed E-state index contributed by atoms with van der Waals surface area (Å²) in [5.41, 5.74) is 1.74. The first kappa shape index (κ1) is 22.0. The Labute approximate surface area is 135 Å². The number of carboxylic acids is 1. The van der Waals surface area contributed by atoms with Crippen LogP contribution in [0.3, 0.4) is 0 Å². The summed E-state index contributed by atoms with van der Waals surface area (Å²) in [6.45, 7) is 12.0. The van der Waals surface area contributed by atoms with E-state index >= 15 is 0 Å². The third kappa shape index (κ3) is 8.10. The van der Waals surface area contributed by atoms with E-state index in [1.807, 2.05) is 71.9 Å². The molecule has 0 heterocycles. The average molecular weight is 303 g/mol. The van der Waals surface area contributed by atoms with Gasteiger partial charge in [0, 0.05) is 5.69 Å². The monoisotopic (exact) mass is 303 g/mol. The topological polar surface area (TPSA) is 49.3 Å². The van der Waals surface area contributed by atoms with Gasteiger partial charge in [-0.25, -0.2) is 4.79 Å². The molecule has 0 saturated heterocycles. The second kappa shape index (κ2) is 15.1. The minimum atomic E-state index is -0.931. The van der Waals surface area contributed by atoms with Crippen LogP contribution in [0.1, 0.15) is 51.9 Å². The highest BCUT2D eigenvalue weighted by Gasteiger charge is 2.08. The van der Waals surface area contributed by atoms with Crippen LogP contribution in [-0.4, -0.2) is 11.1 Å². The van der Waals surface area contributed by atoms with Crippen molar-refractivity contribution in [2.75, 3.05) is 5.32 Å². The Balaban J connectivity index is 0. The summed E-state index contributed by atoms with van der Waals surface area (Å²) in [6, 6.07) is 16.3. The molecule has 122 valence electrons. The van der Waals surface area contributed by atoms with E-state index in [0.29, 0.717) is 5.69 Å². The number of aromatic carboxylic acids is 1. The van der Waals surface area contributed by atoms with Crippen LogP contribution >= 0.6 is 0 Å². The molecule has 0 fully saturated rings. The number of carboxylic acid groups (broad SMARTS) is 1. The minimum Gasteiger partial charge on any atom is -0.478 e. The van der Waals surface area contributed by atoms with Gasteiger partial charge in [0.05, 0.1) is 11.3 Å². The smallest absolute Gasteiger partial charge is 0.337 e. The van der Waals surface area contributed by atoms with Crippen molar-refractivity contribution >= 4 is 17.3 Å². The quantitative estimate of drug-likeness (QED) is 0.709. The molecule has 0 aliphatic rings. The second-order valence-corrected chi connectivity index (χ2v) is 3.34. The Morgan fingerprint density at radius 3 is 1.73 bits per heavy atom. The number of hydrogen-bond donors (Lipinski definition) is 2. The summed E-state index contributed by atoms with van der Waals surface area (Å²) < 4.78 is 0. The molecule has 2 aromatic rings. The Kier molecular flexibility index (Phi) is 15.1. The van der Waals surface area contributed by atoms with E-state index in [2.05, 4.69) is 5.32 Å². The molecule has 2 rings (SSSR count). The Bertz CT molecular complexity index is 496. The lowest BCUT2D eigenvalue weighted by atomic mass is 10.1. The van der Waals surface area contributed by atoms with Gasteiger partial charge in [0.2, 0.25) is 0 Å². The largest absolute Gasteiger partial charge is 0.478 e. The van der Waals surface area contributed by atoms with E-state index in [-0.39, 0.29) is 5.56 Å². The zero-order valence-corrected chi connectivity index (χ0v) is 14.6. The van der Waals surface area contributed by atoms with Crippen molar-refractivity contribution < 1.29 is 9.90 Å². The average Bonchev–Trinajstić information content (AvgIpc) is 2.61. The molecule has 0 aliphatic heterocycles. The molecule has 3 nitrogen and oxygen atoms in total. The summed E-state index contributed by atoms with van der Waals surface area (Å²) >= 11 is 0. The molecule has 0 unspecified atom stereocenters. The molecule has 0 atom stereocenters. The maximum absolute atomic E-state index is 11.0. The Morgan fingerprint density at radius 1 is 0.773 bits per heavy atom. The van der Waals surface area contributed by atoms with E-state index in [1.165, 1.54) is 0 Å². The van der Waals surface area contributed by atoms with Crippen LogP contribution in [0.15, 0.2) is 54.6 Å². The summed E-state index contributed by atoms with van der Waals surface area (Å²) in [6.07, 6.45) is 0. The molecule has 0 radical (unpaired) electrons. The minimum absolute atomic E-state index is 0.270. The lowest BCUT2D eigenvalue weighted by Crippen LogP contribution is -2.01. The molecule has 3 heteroatoms. The van der Waals surface area contributed by atoms with Crippen LogP contribution in [0.4, 0.5) is 11.4 Å². The highest BCUT2D eigenvalue weighted by atomic mass is 16.4. The van der Waals surface area contributed by atoms with Crippen molar-refractivity contribution in [1.29, 1.82) is 0 Å². The van der Waals surface area contributed by atoms with Gasteiger partial charge in [-0.15, -0.1) is 0 Å². The molecule has 0 spiro atoms. The maximum atomic E-state index is 11.0. The van der Waals surface area contributed by atoms with E-state index in [4.69, 9.17) is 5.11 Å². The molecular weight excluding hydrogens is 274 g/mol. The van der Waals surface area contributed by atoms with Crippen molar-refractivity contribution in [1.82, 2.24) is 0 Å². The highest BCUT2D eigenvalue weighted by Crippen LogP contribution is 2.20. The van der Waals surface area contributed by atoms with Crippen molar-refractivity contribution in [3.05, 3.63) is 60.2 Å². The lowest BCUT2D eigenvalue weighted by Gasteiger charge is -2.08. The number of nitrogens with one attached hydrogen (secondary N) is 1. The van der Waals surface area contributed by atoms with Crippen molar-refractivity contribution in [2.45, 2.75) is 41.5 Å². The van der Waals surface area contributed by atoms with Gasteiger partial charge >= 0.3 is 5.97 Å². The lowest BCUT2D eigenvalue weighted by molar-refractivity contribution is 0.0698. The molecule has 0 bridgehead atoms. The predicted octanol–water partition coefficient (Wildman–Crippen LogP) is 6.21. The van der Waals surface area contributed by atoms with Crippen LogP contribution in [0.5, 0.6) is 0 Å². The fourth-order valence-corrected chi connectivity index (χ4v) is 1.46. The van der Waals surface area contributed by atoms with Gasteiger partial charge in [-0.2, -0.15) is 0 Å². The number of para-hydroxylation sites is 2. The van der Waals surface area contributed by atoms with E-state index in [1.54, 1.807) is 24.3 Å². The third-order valence-corrected chi connectivity index (χ3v) is 2.21. The predicted molar refractivity (Wildman–Crippen MR) is 97.2 cm³/mol. The number of rotatable bonds is 3. The van der Waals surface area contributed by atoms with Gasteiger partial charge in [0.1, 0.15) is 0 Å². The molecular formula is C19H29NO2. The molecule has 0 aliphatic carbocycles. The van der Waals surface area contributed by atoms with Crippen LogP contribution in [-0.2, 0) is 0 Å². The maximum Gasteiger partial charge on any atom is 0.337 e. The summed E-state index contributed by atoms with van der Waals surface area (Å²) in [4.78, 5) is 11.0. The summed E-state index contributed by atoms with van der Waals surface area (Å²) in [5, 5.41) is 12.1. The molecule has 2 aromatic carbocycles. The van der Waals surface area contributed by atoms with Crippen LogP contribution in [0.25, 0.3) is 0 Å². The van der Waals surface area contributed by atoms with Gasteiger partial charge < -0.3 is 10.4 Å². The number of benzene rings is 2. The van der Waals surface area contributed by atoms with Gasteiger partial charge in [-0.05, 0) is 24.3 Å². The zero-order chi connectivity index (χ0) is 17.4. The van der Waals surface area contributed by atoms with E-state index in [0.717, 1.165) is 5.69 Å². The Hall–Kier alpha value is -2.29. The van der Waals surface area contributed by atoms with Crippen molar-refractivity contribution in [2.24, 2.45) is 0 Å². The van der Waals surface area contributed by atoms with Gasteiger partial charge in [-0.1, -0.05) is 71.9 Å². The first-order valence-electron chi connectivity index (χ1n) is 7.92. The first-order valence-corrected chi connectivity index (χ1v) is 7.92. The van der Waals surface area contributed by atoms with Gasteiger partial charge in [-0.3, -0.25) is 0 Å². The molecule has 0 amide bonds. The third-order valence-electron chi connectivity index (χ3n) is 2.21. The standard InChI is InChI=1S/C13H11NO2.3C2H6/c15-13(16)11-8-4-5-9-12(11)14-10-6-2-1-3-7-10;3*1-2/h1-9,14H,(H,15,16);3*1-2H3. The van der Waals surface area contributed by atoms with Crippen molar-refractivity contribution in [3.8, 4) is 0 Å². The molecule has 22 heavy (non-hydrogen) atoms. The van der Waals surface area contributed by atoms with Gasteiger partial charge in [0.25, 0.3) is 0 Å². The second-order valence-electron chi connectivity index (χ2n) is 3.34. The summed E-state index contributed by atoms with van der Waals surface area (Å²) in [7, 11) is 0. The van der Waals surface area contributed by atoms with Gasteiger partial charge in [0.15, 0.2) is 0 Å². The van der Waals surface area contributed by atoms with E-state index in [9.17, 15) is 4.79 Å². The van der Waals surface area contributed by atoms with E-state index < -0.39 is 5.97 Å². The fourth-order valence-electron chi connectivity index (χ4n) is 1.46.